The maximum absolute atomic E-state index is 13.0. The molecule has 0 saturated heterocycles. The van der Waals surface area contributed by atoms with Gasteiger partial charge in [0.05, 0.1) is 25.7 Å². The second kappa shape index (κ2) is 8.61. The summed E-state index contributed by atoms with van der Waals surface area (Å²) in [4.78, 5) is 24.3. The maximum Gasteiger partial charge on any atom is 0.307 e. The van der Waals surface area contributed by atoms with Crippen molar-refractivity contribution < 1.29 is 24.2 Å². The van der Waals surface area contributed by atoms with Crippen LogP contribution in [0.4, 0.5) is 0 Å². The first-order chi connectivity index (χ1) is 13.5. The van der Waals surface area contributed by atoms with E-state index in [1.165, 1.54) is 4.57 Å². The smallest absolute Gasteiger partial charge is 0.307 e. The van der Waals surface area contributed by atoms with Crippen molar-refractivity contribution in [1.82, 2.24) is 4.57 Å². The van der Waals surface area contributed by atoms with Crippen molar-refractivity contribution in [3.05, 3.63) is 59.8 Å². The van der Waals surface area contributed by atoms with Gasteiger partial charge in [-0.25, -0.2) is 0 Å². The van der Waals surface area contributed by atoms with E-state index in [0.717, 1.165) is 18.6 Å². The summed E-state index contributed by atoms with van der Waals surface area (Å²) in [6, 6.07) is 12.3. The predicted molar refractivity (Wildman–Crippen MR) is 106 cm³/mol. The predicted octanol–water partition coefficient (Wildman–Crippen LogP) is 4.14. The fraction of sp³-hybridized carbons (Fsp3) is 0.273. The fourth-order valence-corrected chi connectivity index (χ4v) is 3.04. The quantitative estimate of drug-likeness (QED) is 0.593. The molecular weight excluding hydrogens is 358 g/mol. The minimum absolute atomic E-state index is 0.172. The Hall–Kier alpha value is -3.28. The summed E-state index contributed by atoms with van der Waals surface area (Å²) in [5.41, 5.74) is 1.71. The minimum Gasteiger partial charge on any atom is -0.497 e. The van der Waals surface area contributed by atoms with E-state index in [-0.39, 0.29) is 12.3 Å². The molecule has 1 aromatic heterocycles. The van der Waals surface area contributed by atoms with Crippen molar-refractivity contribution in [3.63, 3.8) is 0 Å². The summed E-state index contributed by atoms with van der Waals surface area (Å²) in [5.74, 6) is 0.145. The lowest BCUT2D eigenvalue weighted by atomic mass is 10.1. The number of carbonyl (C=O) groups is 2. The molecule has 0 atom stereocenters. The number of carboxylic acid groups (broad SMARTS) is 1. The molecule has 6 heteroatoms. The molecule has 1 N–H and O–H groups in total. The molecule has 6 nitrogen and oxygen atoms in total. The minimum atomic E-state index is -0.956. The van der Waals surface area contributed by atoms with Gasteiger partial charge in [0.15, 0.2) is 0 Å². The molecule has 0 aliphatic heterocycles. The number of ether oxygens (including phenoxy) is 2. The van der Waals surface area contributed by atoms with Crippen LogP contribution >= 0.6 is 0 Å². The van der Waals surface area contributed by atoms with Crippen molar-refractivity contribution in [2.45, 2.75) is 26.2 Å². The average molecular weight is 381 g/mol. The molecule has 0 spiro atoms. The molecular formula is C22H23NO5. The van der Waals surface area contributed by atoms with Gasteiger partial charge in [0.2, 0.25) is 0 Å². The highest BCUT2D eigenvalue weighted by molar-refractivity contribution is 6.03. The van der Waals surface area contributed by atoms with Crippen LogP contribution in [0.2, 0.25) is 0 Å². The SMILES string of the molecule is CCCCOc1ccc(C(=O)n2cc(CC(=O)O)c3cc(OC)ccc32)cc1. The standard InChI is InChI=1S/C22H23NO5/c1-3-4-11-28-17-7-5-15(6-8-17)22(26)23-14-16(12-21(24)25)19-13-18(27-2)9-10-20(19)23/h5-10,13-14H,3-4,11-12H2,1-2H3,(H,24,25). The number of hydrogen-bond donors (Lipinski definition) is 1. The lowest BCUT2D eigenvalue weighted by molar-refractivity contribution is -0.136. The highest BCUT2D eigenvalue weighted by atomic mass is 16.5. The van der Waals surface area contributed by atoms with Gasteiger partial charge in [0.25, 0.3) is 5.91 Å². The average Bonchev–Trinajstić information content (AvgIpc) is 3.05. The summed E-state index contributed by atoms with van der Waals surface area (Å²) < 4.78 is 12.4. The molecule has 2 aromatic carbocycles. The third-order valence-corrected chi connectivity index (χ3v) is 4.52. The van der Waals surface area contributed by atoms with Gasteiger partial charge in [0.1, 0.15) is 11.5 Å². The summed E-state index contributed by atoms with van der Waals surface area (Å²) in [6.07, 6.45) is 3.45. The summed E-state index contributed by atoms with van der Waals surface area (Å²) in [7, 11) is 1.55. The second-order valence-corrected chi connectivity index (χ2v) is 6.51. The summed E-state index contributed by atoms with van der Waals surface area (Å²) in [6.45, 7) is 2.74. The molecule has 3 rings (SSSR count). The number of aliphatic carboxylic acids is 1. The van der Waals surface area contributed by atoms with Crippen LogP contribution in [-0.2, 0) is 11.2 Å². The molecule has 146 valence electrons. The highest BCUT2D eigenvalue weighted by Gasteiger charge is 2.17. The Kier molecular flexibility index (Phi) is 5.99. The Bertz CT molecular complexity index is 988. The van der Waals surface area contributed by atoms with Gasteiger partial charge in [-0.3, -0.25) is 14.2 Å². The van der Waals surface area contributed by atoms with Crippen molar-refractivity contribution in [3.8, 4) is 11.5 Å². The Balaban J connectivity index is 1.93. The van der Waals surface area contributed by atoms with E-state index >= 15 is 0 Å². The molecule has 0 radical (unpaired) electrons. The molecule has 0 fully saturated rings. The number of fused-ring (bicyclic) bond motifs is 1. The molecule has 0 aliphatic carbocycles. The largest absolute Gasteiger partial charge is 0.497 e. The van der Waals surface area contributed by atoms with Gasteiger partial charge >= 0.3 is 5.97 Å². The van der Waals surface area contributed by atoms with Gasteiger partial charge < -0.3 is 14.6 Å². The molecule has 0 bridgehead atoms. The monoisotopic (exact) mass is 381 g/mol. The van der Waals surface area contributed by atoms with E-state index in [9.17, 15) is 14.7 Å². The molecule has 3 aromatic rings. The van der Waals surface area contributed by atoms with Gasteiger partial charge in [0, 0.05) is 17.1 Å². The van der Waals surface area contributed by atoms with Crippen molar-refractivity contribution >= 4 is 22.8 Å². The number of aromatic nitrogens is 1. The number of carboxylic acids is 1. The van der Waals surface area contributed by atoms with Crippen molar-refractivity contribution in [1.29, 1.82) is 0 Å². The van der Waals surface area contributed by atoms with Crippen LogP contribution < -0.4 is 9.47 Å². The number of carbonyl (C=O) groups excluding carboxylic acids is 1. The van der Waals surface area contributed by atoms with E-state index in [4.69, 9.17) is 9.47 Å². The van der Waals surface area contributed by atoms with E-state index in [1.54, 1.807) is 55.8 Å². The van der Waals surface area contributed by atoms with Crippen LogP contribution in [0, 0.1) is 0 Å². The topological polar surface area (TPSA) is 77.8 Å². The lowest BCUT2D eigenvalue weighted by Gasteiger charge is -2.08. The molecule has 0 amide bonds. The van der Waals surface area contributed by atoms with E-state index < -0.39 is 5.97 Å². The molecule has 1 heterocycles. The van der Waals surface area contributed by atoms with E-state index in [2.05, 4.69) is 6.92 Å². The van der Waals surface area contributed by atoms with Crippen LogP contribution in [0.3, 0.4) is 0 Å². The van der Waals surface area contributed by atoms with E-state index in [1.807, 2.05) is 0 Å². The Morgan fingerprint density at radius 1 is 1.07 bits per heavy atom. The first-order valence-corrected chi connectivity index (χ1v) is 9.20. The maximum atomic E-state index is 13.0. The number of nitrogens with zero attached hydrogens (tertiary/aromatic N) is 1. The molecule has 28 heavy (non-hydrogen) atoms. The molecule has 0 unspecified atom stereocenters. The molecule has 0 saturated carbocycles. The Morgan fingerprint density at radius 3 is 2.43 bits per heavy atom. The number of methoxy groups -OCH3 is 1. The number of benzene rings is 2. The Morgan fingerprint density at radius 2 is 1.79 bits per heavy atom. The van der Waals surface area contributed by atoms with Crippen LogP contribution in [0.1, 0.15) is 35.7 Å². The molecule has 0 aliphatic rings. The normalized spacial score (nSPS) is 10.8. The summed E-state index contributed by atoms with van der Waals surface area (Å²) in [5, 5.41) is 9.89. The van der Waals surface area contributed by atoms with Crippen molar-refractivity contribution in [2.75, 3.05) is 13.7 Å². The van der Waals surface area contributed by atoms with E-state index in [0.29, 0.717) is 34.4 Å². The number of hydrogen-bond acceptors (Lipinski definition) is 4. The van der Waals surface area contributed by atoms with Gasteiger partial charge in [-0.05, 0) is 54.4 Å². The second-order valence-electron chi connectivity index (χ2n) is 6.51. The van der Waals surface area contributed by atoms with Crippen molar-refractivity contribution in [2.24, 2.45) is 0 Å². The first kappa shape index (κ1) is 19.5. The van der Waals surface area contributed by atoms with Crippen LogP contribution in [0.25, 0.3) is 10.9 Å². The third-order valence-electron chi connectivity index (χ3n) is 4.52. The summed E-state index contributed by atoms with van der Waals surface area (Å²) >= 11 is 0. The first-order valence-electron chi connectivity index (χ1n) is 9.20. The van der Waals surface area contributed by atoms with Crippen LogP contribution in [-0.4, -0.2) is 35.3 Å². The van der Waals surface area contributed by atoms with Gasteiger partial charge in [-0.2, -0.15) is 0 Å². The van der Waals surface area contributed by atoms with Crippen LogP contribution in [0.5, 0.6) is 11.5 Å². The number of rotatable bonds is 8. The fourth-order valence-electron chi connectivity index (χ4n) is 3.04. The van der Waals surface area contributed by atoms with Gasteiger partial charge in [-0.1, -0.05) is 13.3 Å². The Labute approximate surface area is 163 Å². The number of unbranched alkanes of at least 4 members (excludes halogenated alkanes) is 1. The van der Waals surface area contributed by atoms with Crippen LogP contribution in [0.15, 0.2) is 48.7 Å². The van der Waals surface area contributed by atoms with Gasteiger partial charge in [-0.15, -0.1) is 0 Å². The highest BCUT2D eigenvalue weighted by Crippen LogP contribution is 2.27. The zero-order valence-corrected chi connectivity index (χ0v) is 16.0. The lowest BCUT2D eigenvalue weighted by Crippen LogP contribution is -2.11. The zero-order valence-electron chi connectivity index (χ0n) is 16.0. The third kappa shape index (κ3) is 4.17. The zero-order chi connectivity index (χ0) is 20.1.